The minimum Gasteiger partial charge on any atom is -0.497 e. The average molecular weight is 407 g/mol. The monoisotopic (exact) mass is 407 g/mol. The van der Waals surface area contributed by atoms with Crippen LogP contribution in [-0.4, -0.2) is 53.4 Å². The Hall–Kier alpha value is -3.35. The quantitative estimate of drug-likeness (QED) is 0.772. The second-order valence-electron chi connectivity index (χ2n) is 7.84. The van der Waals surface area contributed by atoms with Crippen LogP contribution >= 0.6 is 0 Å². The van der Waals surface area contributed by atoms with Crippen LogP contribution in [0.4, 0.5) is 4.79 Å². The molecule has 1 spiro atoms. The van der Waals surface area contributed by atoms with Gasteiger partial charge in [-0.25, -0.2) is 4.79 Å². The van der Waals surface area contributed by atoms with Crippen LogP contribution in [-0.2, 0) is 22.6 Å². The average Bonchev–Trinajstić information content (AvgIpc) is 2.98. The topological polar surface area (TPSA) is 79.0 Å². The maximum absolute atomic E-state index is 13.2. The Kier molecular flexibility index (Phi) is 5.44. The number of benzene rings is 2. The second-order valence-corrected chi connectivity index (χ2v) is 7.84. The second kappa shape index (κ2) is 8.18. The molecule has 7 nitrogen and oxygen atoms in total. The van der Waals surface area contributed by atoms with Gasteiger partial charge in [-0.3, -0.25) is 14.5 Å². The molecular weight excluding hydrogens is 382 g/mol. The van der Waals surface area contributed by atoms with Gasteiger partial charge in [0.05, 0.1) is 26.6 Å². The molecule has 1 atom stereocenters. The first-order chi connectivity index (χ1) is 14.5. The number of rotatable bonds is 5. The number of likely N-dealkylation sites (tertiary alicyclic amines) is 1. The number of ether oxygens (including phenoxy) is 1. The Morgan fingerprint density at radius 3 is 2.63 bits per heavy atom. The van der Waals surface area contributed by atoms with Gasteiger partial charge in [-0.05, 0) is 36.1 Å². The first-order valence-corrected chi connectivity index (χ1v) is 10.1. The summed E-state index contributed by atoms with van der Waals surface area (Å²) < 4.78 is 5.22. The first kappa shape index (κ1) is 19.9. The molecule has 1 N–H and O–H groups in total. The van der Waals surface area contributed by atoms with E-state index < -0.39 is 11.6 Å². The van der Waals surface area contributed by atoms with E-state index in [0.717, 1.165) is 11.1 Å². The van der Waals surface area contributed by atoms with Crippen molar-refractivity contribution in [2.24, 2.45) is 0 Å². The maximum Gasteiger partial charge on any atom is 0.325 e. The molecule has 2 heterocycles. The summed E-state index contributed by atoms with van der Waals surface area (Å²) in [6.07, 6.45) is 1.42. The van der Waals surface area contributed by atoms with Crippen LogP contribution in [0.25, 0.3) is 0 Å². The Morgan fingerprint density at radius 2 is 1.87 bits per heavy atom. The maximum atomic E-state index is 13.2. The zero-order valence-corrected chi connectivity index (χ0v) is 17.0. The van der Waals surface area contributed by atoms with Gasteiger partial charge in [-0.15, -0.1) is 0 Å². The molecule has 0 unspecified atom stereocenters. The number of imide groups is 1. The summed E-state index contributed by atoms with van der Waals surface area (Å²) in [4.78, 5) is 41.6. The van der Waals surface area contributed by atoms with Crippen molar-refractivity contribution >= 4 is 17.8 Å². The van der Waals surface area contributed by atoms with Crippen molar-refractivity contribution in [3.05, 3.63) is 65.7 Å². The molecule has 2 aliphatic rings. The van der Waals surface area contributed by atoms with Gasteiger partial charge in [-0.2, -0.15) is 0 Å². The molecular formula is C23H25N3O4. The summed E-state index contributed by atoms with van der Waals surface area (Å²) in [5.41, 5.74) is 0.708. The summed E-state index contributed by atoms with van der Waals surface area (Å²) >= 11 is 0. The normalized spacial score (nSPS) is 21.1. The molecule has 4 amide bonds. The van der Waals surface area contributed by atoms with E-state index in [0.29, 0.717) is 25.1 Å². The van der Waals surface area contributed by atoms with E-state index in [1.165, 1.54) is 4.90 Å². The van der Waals surface area contributed by atoms with Gasteiger partial charge in [0.2, 0.25) is 5.91 Å². The zero-order chi connectivity index (χ0) is 21.1. The summed E-state index contributed by atoms with van der Waals surface area (Å²) in [5.74, 6) is 0.381. The van der Waals surface area contributed by atoms with Crippen LogP contribution in [0.5, 0.6) is 5.75 Å². The molecule has 0 radical (unpaired) electrons. The van der Waals surface area contributed by atoms with Gasteiger partial charge in [-0.1, -0.05) is 42.5 Å². The number of methoxy groups -OCH3 is 1. The number of hydrogen-bond donors (Lipinski definition) is 1. The number of hydrogen-bond acceptors (Lipinski definition) is 4. The molecule has 2 saturated heterocycles. The highest BCUT2D eigenvalue weighted by Gasteiger charge is 2.53. The van der Waals surface area contributed by atoms with Crippen molar-refractivity contribution in [2.45, 2.75) is 31.3 Å². The van der Waals surface area contributed by atoms with E-state index in [2.05, 4.69) is 5.32 Å². The third-order valence-electron chi connectivity index (χ3n) is 5.76. The number of carbonyl (C=O) groups is 3. The van der Waals surface area contributed by atoms with E-state index in [1.807, 2.05) is 54.6 Å². The molecule has 30 heavy (non-hydrogen) atoms. The molecule has 2 aromatic carbocycles. The van der Waals surface area contributed by atoms with Crippen LogP contribution in [0.3, 0.4) is 0 Å². The SMILES string of the molecule is COc1cccc(CC(=O)N2CCC[C@]3(C2)NC(=O)N(Cc2ccccc2)C3=O)c1. The lowest BCUT2D eigenvalue weighted by molar-refractivity contribution is -0.138. The van der Waals surface area contributed by atoms with Crippen molar-refractivity contribution in [1.82, 2.24) is 15.1 Å². The number of amides is 4. The van der Waals surface area contributed by atoms with E-state index in [1.54, 1.807) is 12.0 Å². The Morgan fingerprint density at radius 1 is 1.10 bits per heavy atom. The van der Waals surface area contributed by atoms with E-state index >= 15 is 0 Å². The third kappa shape index (κ3) is 3.87. The summed E-state index contributed by atoms with van der Waals surface area (Å²) in [6, 6.07) is 16.4. The fraction of sp³-hybridized carbons (Fsp3) is 0.348. The van der Waals surface area contributed by atoms with Crippen LogP contribution in [0.2, 0.25) is 0 Å². The van der Waals surface area contributed by atoms with Gasteiger partial charge >= 0.3 is 6.03 Å². The summed E-state index contributed by atoms with van der Waals surface area (Å²) in [7, 11) is 1.59. The number of urea groups is 1. The van der Waals surface area contributed by atoms with Gasteiger partial charge < -0.3 is 15.0 Å². The molecule has 2 fully saturated rings. The zero-order valence-electron chi connectivity index (χ0n) is 17.0. The van der Waals surface area contributed by atoms with E-state index in [4.69, 9.17) is 4.74 Å². The minimum absolute atomic E-state index is 0.0640. The highest BCUT2D eigenvalue weighted by Crippen LogP contribution is 2.30. The predicted molar refractivity (Wildman–Crippen MR) is 111 cm³/mol. The van der Waals surface area contributed by atoms with Crippen LogP contribution < -0.4 is 10.1 Å². The fourth-order valence-corrected chi connectivity index (χ4v) is 4.20. The third-order valence-corrected chi connectivity index (χ3v) is 5.76. The fourth-order valence-electron chi connectivity index (χ4n) is 4.20. The molecule has 156 valence electrons. The molecule has 0 saturated carbocycles. The largest absolute Gasteiger partial charge is 0.497 e. The molecule has 0 aromatic heterocycles. The summed E-state index contributed by atoms with van der Waals surface area (Å²) in [5, 5.41) is 2.88. The number of carbonyl (C=O) groups excluding carboxylic acids is 3. The molecule has 0 bridgehead atoms. The molecule has 2 aliphatic heterocycles. The van der Waals surface area contributed by atoms with Crippen molar-refractivity contribution in [1.29, 1.82) is 0 Å². The Balaban J connectivity index is 1.46. The number of nitrogens with one attached hydrogen (secondary N) is 1. The molecule has 2 aromatic rings. The standard InChI is InChI=1S/C23H25N3O4/c1-30-19-10-5-9-18(13-19)14-20(27)25-12-6-11-23(16-25)21(28)26(22(29)24-23)15-17-7-3-2-4-8-17/h2-5,7-10,13H,6,11-12,14-16H2,1H3,(H,24,29)/t23-/m1/s1. The van der Waals surface area contributed by atoms with E-state index in [9.17, 15) is 14.4 Å². The van der Waals surface area contributed by atoms with E-state index in [-0.39, 0.29) is 31.3 Å². The van der Waals surface area contributed by atoms with Crippen LogP contribution in [0, 0.1) is 0 Å². The first-order valence-electron chi connectivity index (χ1n) is 10.1. The lowest BCUT2D eigenvalue weighted by atomic mass is 9.88. The highest BCUT2D eigenvalue weighted by molar-refractivity contribution is 6.07. The van der Waals surface area contributed by atoms with Crippen molar-refractivity contribution in [3.8, 4) is 5.75 Å². The van der Waals surface area contributed by atoms with Gasteiger partial charge in [0, 0.05) is 6.54 Å². The van der Waals surface area contributed by atoms with Gasteiger partial charge in [0.25, 0.3) is 5.91 Å². The molecule has 4 rings (SSSR count). The number of piperidine rings is 1. The lowest BCUT2D eigenvalue weighted by Gasteiger charge is -2.38. The van der Waals surface area contributed by atoms with Crippen molar-refractivity contribution in [2.75, 3.05) is 20.2 Å². The van der Waals surface area contributed by atoms with Crippen molar-refractivity contribution < 1.29 is 19.1 Å². The highest BCUT2D eigenvalue weighted by atomic mass is 16.5. The molecule has 0 aliphatic carbocycles. The minimum atomic E-state index is -1.03. The summed E-state index contributed by atoms with van der Waals surface area (Å²) in [6.45, 7) is 1.00. The smallest absolute Gasteiger partial charge is 0.325 e. The van der Waals surface area contributed by atoms with Crippen LogP contribution in [0.1, 0.15) is 24.0 Å². The predicted octanol–water partition coefficient (Wildman–Crippen LogP) is 2.35. The Labute approximate surface area is 175 Å². The van der Waals surface area contributed by atoms with Crippen LogP contribution in [0.15, 0.2) is 54.6 Å². The molecule has 7 heteroatoms. The Bertz CT molecular complexity index is 962. The van der Waals surface area contributed by atoms with Crippen molar-refractivity contribution in [3.63, 3.8) is 0 Å². The lowest BCUT2D eigenvalue weighted by Crippen LogP contribution is -2.59. The van der Waals surface area contributed by atoms with Gasteiger partial charge in [0.1, 0.15) is 11.3 Å². The van der Waals surface area contributed by atoms with Gasteiger partial charge in [0.15, 0.2) is 0 Å². The number of nitrogens with zero attached hydrogens (tertiary/aromatic N) is 2.